The summed E-state index contributed by atoms with van der Waals surface area (Å²) in [5, 5.41) is 6.85. The number of hydrogen-bond donors (Lipinski definition) is 2. The first-order valence-electron chi connectivity index (χ1n) is 5.40. The van der Waals surface area contributed by atoms with Crippen LogP contribution in [0.3, 0.4) is 0 Å². The molecule has 0 amide bonds. The van der Waals surface area contributed by atoms with E-state index in [-0.39, 0.29) is 0 Å². The van der Waals surface area contributed by atoms with E-state index in [0.29, 0.717) is 5.54 Å². The molecule has 1 spiro atoms. The minimum absolute atomic E-state index is 0.375. The summed E-state index contributed by atoms with van der Waals surface area (Å²) in [6.45, 7) is 1.14. The Labute approximate surface area is 84.7 Å². The van der Waals surface area contributed by atoms with E-state index in [0.717, 1.165) is 6.54 Å². The van der Waals surface area contributed by atoms with Crippen LogP contribution in [-0.2, 0) is 12.0 Å². The van der Waals surface area contributed by atoms with Gasteiger partial charge in [-0.05, 0) is 42.5 Å². The van der Waals surface area contributed by atoms with E-state index in [1.807, 2.05) is 7.05 Å². The first kappa shape index (κ1) is 8.30. The van der Waals surface area contributed by atoms with E-state index in [9.17, 15) is 0 Å². The Kier molecular flexibility index (Phi) is 1.62. The average Bonchev–Trinajstić information content (AvgIpc) is 2.99. The fourth-order valence-corrected chi connectivity index (χ4v) is 2.53. The molecule has 2 N–H and O–H groups in total. The number of fused-ring (bicyclic) bond motifs is 2. The molecule has 1 saturated carbocycles. The van der Waals surface area contributed by atoms with Crippen LogP contribution in [0.2, 0.25) is 0 Å². The van der Waals surface area contributed by atoms with Crippen molar-refractivity contribution in [3.8, 4) is 0 Å². The van der Waals surface area contributed by atoms with Crippen molar-refractivity contribution >= 4 is 5.69 Å². The van der Waals surface area contributed by atoms with Crippen LogP contribution in [-0.4, -0.2) is 13.6 Å². The molecule has 2 nitrogen and oxygen atoms in total. The van der Waals surface area contributed by atoms with Gasteiger partial charge in [0, 0.05) is 24.8 Å². The average molecular weight is 188 g/mol. The summed E-state index contributed by atoms with van der Waals surface area (Å²) in [5.74, 6) is 0. The molecule has 0 radical (unpaired) electrons. The van der Waals surface area contributed by atoms with Crippen LogP contribution >= 0.6 is 0 Å². The van der Waals surface area contributed by atoms with Gasteiger partial charge in [-0.15, -0.1) is 0 Å². The second-order valence-electron chi connectivity index (χ2n) is 4.38. The molecule has 0 aromatic heterocycles. The van der Waals surface area contributed by atoms with Gasteiger partial charge in [-0.25, -0.2) is 0 Å². The van der Waals surface area contributed by atoms with Crippen molar-refractivity contribution in [2.24, 2.45) is 0 Å². The smallest absolute Gasteiger partial charge is 0.0439 e. The van der Waals surface area contributed by atoms with Gasteiger partial charge in [0.1, 0.15) is 0 Å². The first-order valence-corrected chi connectivity index (χ1v) is 5.40. The van der Waals surface area contributed by atoms with Crippen molar-refractivity contribution in [2.45, 2.75) is 24.8 Å². The van der Waals surface area contributed by atoms with Gasteiger partial charge < -0.3 is 10.6 Å². The van der Waals surface area contributed by atoms with Crippen LogP contribution in [0.5, 0.6) is 0 Å². The minimum atomic E-state index is 0.375. The van der Waals surface area contributed by atoms with E-state index < -0.39 is 0 Å². The predicted molar refractivity (Wildman–Crippen MR) is 58.6 cm³/mol. The Morgan fingerprint density at radius 1 is 1.36 bits per heavy atom. The summed E-state index contributed by atoms with van der Waals surface area (Å²) in [4.78, 5) is 0. The Morgan fingerprint density at radius 3 is 2.93 bits per heavy atom. The highest BCUT2D eigenvalue weighted by Crippen LogP contribution is 2.48. The number of anilines is 1. The van der Waals surface area contributed by atoms with E-state index in [2.05, 4.69) is 28.8 Å². The van der Waals surface area contributed by atoms with E-state index in [1.54, 1.807) is 5.56 Å². The molecule has 0 atom stereocenters. The SMILES string of the molecule is CNc1ccc2c(c1)CCNC21CC1. The third-order valence-corrected chi connectivity index (χ3v) is 3.52. The number of benzene rings is 1. The fourth-order valence-electron chi connectivity index (χ4n) is 2.53. The summed E-state index contributed by atoms with van der Waals surface area (Å²) < 4.78 is 0. The molecule has 1 aromatic carbocycles. The van der Waals surface area contributed by atoms with Gasteiger partial charge in [0.25, 0.3) is 0 Å². The Balaban J connectivity index is 2.07. The lowest BCUT2D eigenvalue weighted by molar-refractivity contribution is 0.490. The molecule has 2 heteroatoms. The molecule has 0 unspecified atom stereocenters. The van der Waals surface area contributed by atoms with Crippen LogP contribution in [0.25, 0.3) is 0 Å². The number of hydrogen-bond acceptors (Lipinski definition) is 2. The molecule has 1 aliphatic heterocycles. The van der Waals surface area contributed by atoms with Gasteiger partial charge in [0.15, 0.2) is 0 Å². The normalized spacial score (nSPS) is 21.8. The van der Waals surface area contributed by atoms with Crippen LogP contribution in [0.1, 0.15) is 24.0 Å². The molecule has 1 fully saturated rings. The Hall–Kier alpha value is -1.02. The maximum atomic E-state index is 3.64. The summed E-state index contributed by atoms with van der Waals surface area (Å²) in [6, 6.07) is 6.78. The molecule has 74 valence electrons. The third kappa shape index (κ3) is 1.07. The standard InChI is InChI=1S/C12H16N2/c1-13-10-2-3-11-9(8-10)4-7-14-12(11)5-6-12/h2-3,8,13-14H,4-7H2,1H3. The highest BCUT2D eigenvalue weighted by molar-refractivity contribution is 5.52. The van der Waals surface area contributed by atoms with Crippen LogP contribution in [0.15, 0.2) is 18.2 Å². The summed E-state index contributed by atoms with van der Waals surface area (Å²) in [6.07, 6.45) is 3.81. The molecule has 1 heterocycles. The molecule has 2 aliphatic rings. The molecule has 3 rings (SSSR count). The molecule has 0 bridgehead atoms. The van der Waals surface area contributed by atoms with Crippen molar-refractivity contribution < 1.29 is 0 Å². The molecular weight excluding hydrogens is 172 g/mol. The Morgan fingerprint density at radius 2 is 2.21 bits per heavy atom. The first-order chi connectivity index (χ1) is 6.84. The highest BCUT2D eigenvalue weighted by atomic mass is 15.0. The highest BCUT2D eigenvalue weighted by Gasteiger charge is 2.46. The van der Waals surface area contributed by atoms with Gasteiger partial charge in [-0.3, -0.25) is 0 Å². The lowest BCUT2D eigenvalue weighted by Crippen LogP contribution is -2.36. The number of nitrogens with one attached hydrogen (secondary N) is 2. The van der Waals surface area contributed by atoms with Gasteiger partial charge in [-0.1, -0.05) is 6.07 Å². The maximum absolute atomic E-state index is 3.64. The molecule has 1 aromatic rings. The van der Waals surface area contributed by atoms with Crippen molar-refractivity contribution in [3.63, 3.8) is 0 Å². The van der Waals surface area contributed by atoms with E-state index in [4.69, 9.17) is 0 Å². The van der Waals surface area contributed by atoms with Crippen molar-refractivity contribution in [1.29, 1.82) is 0 Å². The van der Waals surface area contributed by atoms with Crippen LogP contribution < -0.4 is 10.6 Å². The van der Waals surface area contributed by atoms with Crippen LogP contribution in [0, 0.1) is 0 Å². The third-order valence-electron chi connectivity index (χ3n) is 3.52. The van der Waals surface area contributed by atoms with E-state index in [1.165, 1.54) is 30.5 Å². The molecule has 0 saturated heterocycles. The lowest BCUT2D eigenvalue weighted by Gasteiger charge is -2.27. The lowest BCUT2D eigenvalue weighted by atomic mass is 9.92. The maximum Gasteiger partial charge on any atom is 0.0439 e. The minimum Gasteiger partial charge on any atom is -0.388 e. The second-order valence-corrected chi connectivity index (χ2v) is 4.38. The summed E-state index contributed by atoms with van der Waals surface area (Å²) in [5.41, 5.74) is 4.69. The zero-order chi connectivity index (χ0) is 9.60. The summed E-state index contributed by atoms with van der Waals surface area (Å²) in [7, 11) is 1.98. The van der Waals surface area contributed by atoms with E-state index >= 15 is 0 Å². The summed E-state index contributed by atoms with van der Waals surface area (Å²) >= 11 is 0. The molecule has 1 aliphatic carbocycles. The number of rotatable bonds is 1. The van der Waals surface area contributed by atoms with Gasteiger partial charge in [0.05, 0.1) is 0 Å². The predicted octanol–water partition coefficient (Wildman–Crippen LogP) is 1.86. The zero-order valence-corrected chi connectivity index (χ0v) is 8.56. The van der Waals surface area contributed by atoms with Crippen molar-refractivity contribution in [3.05, 3.63) is 29.3 Å². The van der Waals surface area contributed by atoms with Gasteiger partial charge in [0.2, 0.25) is 0 Å². The van der Waals surface area contributed by atoms with Gasteiger partial charge >= 0.3 is 0 Å². The van der Waals surface area contributed by atoms with Crippen LogP contribution in [0.4, 0.5) is 5.69 Å². The topological polar surface area (TPSA) is 24.1 Å². The second kappa shape index (κ2) is 2.74. The zero-order valence-electron chi connectivity index (χ0n) is 8.56. The Bertz CT molecular complexity index is 367. The van der Waals surface area contributed by atoms with Gasteiger partial charge in [-0.2, -0.15) is 0 Å². The monoisotopic (exact) mass is 188 g/mol. The fraction of sp³-hybridized carbons (Fsp3) is 0.500. The van der Waals surface area contributed by atoms with Crippen molar-refractivity contribution in [1.82, 2.24) is 5.32 Å². The van der Waals surface area contributed by atoms with Crippen molar-refractivity contribution in [2.75, 3.05) is 18.9 Å². The molecular formula is C12H16N2. The molecule has 14 heavy (non-hydrogen) atoms. The largest absolute Gasteiger partial charge is 0.388 e. The quantitative estimate of drug-likeness (QED) is 0.703.